The van der Waals surface area contributed by atoms with E-state index in [1.165, 1.54) is 0 Å². The second-order valence-electron chi connectivity index (χ2n) is 3.93. The Balaban J connectivity index is 2.69. The number of nitrogens with one attached hydrogen (secondary N) is 3. The highest BCUT2D eigenvalue weighted by Crippen LogP contribution is 2.14. The van der Waals surface area contributed by atoms with Crippen LogP contribution in [0.5, 0.6) is 0 Å². The van der Waals surface area contributed by atoms with Crippen molar-refractivity contribution in [3.63, 3.8) is 0 Å². The molecule has 1 rings (SSSR count). The van der Waals surface area contributed by atoms with Crippen LogP contribution in [0, 0.1) is 0 Å². The minimum absolute atomic E-state index is 0.178. The fourth-order valence-corrected chi connectivity index (χ4v) is 1.49. The summed E-state index contributed by atoms with van der Waals surface area (Å²) in [7, 11) is 0. The summed E-state index contributed by atoms with van der Waals surface area (Å²) in [5, 5.41) is 7.58. The van der Waals surface area contributed by atoms with E-state index in [9.17, 15) is 14.4 Å². The fourth-order valence-electron chi connectivity index (χ4n) is 1.49. The maximum absolute atomic E-state index is 11.8. The quantitative estimate of drug-likeness (QED) is 0.559. The van der Waals surface area contributed by atoms with Crippen molar-refractivity contribution in [3.8, 4) is 0 Å². The number of hydrogen-bond acceptors (Lipinski definition) is 4. The van der Waals surface area contributed by atoms with Crippen molar-refractivity contribution in [1.82, 2.24) is 10.6 Å². The highest BCUT2D eigenvalue weighted by molar-refractivity contribution is 6.04. The zero-order valence-electron chi connectivity index (χ0n) is 11.2. The van der Waals surface area contributed by atoms with Crippen LogP contribution in [0.2, 0.25) is 0 Å². The van der Waals surface area contributed by atoms with Crippen LogP contribution in [0.4, 0.5) is 5.69 Å². The first-order valence-corrected chi connectivity index (χ1v) is 6.22. The molecule has 0 heterocycles. The Bertz CT molecular complexity index is 502. The highest BCUT2D eigenvalue weighted by Gasteiger charge is 2.12. The molecule has 0 fully saturated rings. The number of hydrogen-bond donors (Lipinski definition) is 4. The third kappa shape index (κ3) is 4.69. The van der Waals surface area contributed by atoms with Gasteiger partial charge in [-0.2, -0.15) is 0 Å². The molecular weight excluding hydrogens is 260 g/mol. The lowest BCUT2D eigenvalue weighted by atomic mass is 10.1. The van der Waals surface area contributed by atoms with Crippen molar-refractivity contribution in [3.05, 3.63) is 29.8 Å². The number of carbonyl (C=O) groups excluding carboxylic acids is 3. The van der Waals surface area contributed by atoms with Crippen LogP contribution in [-0.4, -0.2) is 37.4 Å². The van der Waals surface area contributed by atoms with Crippen LogP contribution in [0.25, 0.3) is 0 Å². The number of para-hydroxylation sites is 1. The Morgan fingerprint density at radius 3 is 2.45 bits per heavy atom. The number of amides is 3. The van der Waals surface area contributed by atoms with Crippen molar-refractivity contribution in [1.29, 1.82) is 0 Å². The van der Waals surface area contributed by atoms with Gasteiger partial charge in [0.2, 0.25) is 11.8 Å². The average Bonchev–Trinajstić information content (AvgIpc) is 2.45. The minimum Gasteiger partial charge on any atom is -0.352 e. The van der Waals surface area contributed by atoms with E-state index in [0.29, 0.717) is 17.8 Å². The molecule has 0 radical (unpaired) electrons. The molecule has 0 saturated heterocycles. The summed E-state index contributed by atoms with van der Waals surface area (Å²) in [5.74, 6) is -1.12. The lowest BCUT2D eigenvalue weighted by Gasteiger charge is -2.11. The summed E-state index contributed by atoms with van der Waals surface area (Å²) in [6.07, 6.45) is 0. The fraction of sp³-hybridized carbons (Fsp3) is 0.308. The standard InChI is InChI=1S/C13H18N4O3/c1-2-15-13(20)9-5-3-4-6-10(9)17-12(19)8-16-11(18)7-14/h3-6H,2,7-8,14H2,1H3,(H,15,20)(H,16,18)(H,17,19). The van der Waals surface area contributed by atoms with Crippen LogP contribution in [0.1, 0.15) is 17.3 Å². The van der Waals surface area contributed by atoms with Crippen LogP contribution in [0.3, 0.4) is 0 Å². The van der Waals surface area contributed by atoms with Crippen LogP contribution < -0.4 is 21.7 Å². The van der Waals surface area contributed by atoms with Crippen LogP contribution >= 0.6 is 0 Å². The molecule has 0 spiro atoms. The van der Waals surface area contributed by atoms with Crippen LogP contribution in [0.15, 0.2) is 24.3 Å². The van der Waals surface area contributed by atoms with Crippen molar-refractivity contribution >= 4 is 23.4 Å². The van der Waals surface area contributed by atoms with Gasteiger partial charge in [0.1, 0.15) is 0 Å². The lowest BCUT2D eigenvalue weighted by Crippen LogP contribution is -2.36. The van der Waals surface area contributed by atoms with Gasteiger partial charge in [-0.25, -0.2) is 0 Å². The maximum atomic E-state index is 11.8. The molecule has 0 aromatic heterocycles. The van der Waals surface area contributed by atoms with Crippen LogP contribution in [-0.2, 0) is 9.59 Å². The van der Waals surface area contributed by atoms with Gasteiger partial charge in [-0.15, -0.1) is 0 Å². The zero-order valence-corrected chi connectivity index (χ0v) is 11.2. The van der Waals surface area contributed by atoms with Gasteiger partial charge >= 0.3 is 0 Å². The molecule has 0 bridgehead atoms. The van der Waals surface area contributed by atoms with E-state index < -0.39 is 11.8 Å². The molecule has 0 atom stereocenters. The Morgan fingerprint density at radius 1 is 1.10 bits per heavy atom. The van der Waals surface area contributed by atoms with Gasteiger partial charge in [0.05, 0.1) is 24.3 Å². The lowest BCUT2D eigenvalue weighted by molar-refractivity contribution is -0.123. The monoisotopic (exact) mass is 278 g/mol. The molecule has 0 saturated carbocycles. The first kappa shape index (κ1) is 15.6. The van der Waals surface area contributed by atoms with Gasteiger partial charge in [-0.05, 0) is 19.1 Å². The molecule has 5 N–H and O–H groups in total. The molecule has 0 unspecified atom stereocenters. The Kier molecular flexibility index (Phi) is 6.18. The topological polar surface area (TPSA) is 113 Å². The predicted octanol–water partition coefficient (Wildman–Crippen LogP) is -0.550. The molecule has 7 heteroatoms. The third-order valence-electron chi connectivity index (χ3n) is 2.41. The first-order chi connectivity index (χ1) is 9.58. The van der Waals surface area contributed by atoms with Gasteiger partial charge in [0.25, 0.3) is 5.91 Å². The average molecular weight is 278 g/mol. The summed E-state index contributed by atoms with van der Waals surface area (Å²) < 4.78 is 0. The molecule has 1 aromatic carbocycles. The largest absolute Gasteiger partial charge is 0.352 e. The molecule has 7 nitrogen and oxygen atoms in total. The number of carbonyl (C=O) groups is 3. The molecular formula is C13H18N4O3. The van der Waals surface area contributed by atoms with E-state index >= 15 is 0 Å². The normalized spacial score (nSPS) is 9.70. The summed E-state index contributed by atoms with van der Waals surface area (Å²) >= 11 is 0. The van der Waals surface area contributed by atoms with E-state index in [0.717, 1.165) is 0 Å². The molecule has 0 aliphatic heterocycles. The maximum Gasteiger partial charge on any atom is 0.253 e. The predicted molar refractivity (Wildman–Crippen MR) is 75.1 cm³/mol. The number of nitrogens with two attached hydrogens (primary N) is 1. The van der Waals surface area contributed by atoms with Crippen molar-refractivity contribution in [2.24, 2.45) is 5.73 Å². The number of anilines is 1. The summed E-state index contributed by atoms with van der Waals surface area (Å²) in [6, 6.07) is 6.64. The third-order valence-corrected chi connectivity index (χ3v) is 2.41. The summed E-state index contributed by atoms with van der Waals surface area (Å²) in [6.45, 7) is 1.93. The highest BCUT2D eigenvalue weighted by atomic mass is 16.2. The van der Waals surface area contributed by atoms with Gasteiger partial charge in [0.15, 0.2) is 0 Å². The SMILES string of the molecule is CCNC(=O)c1ccccc1NC(=O)CNC(=O)CN. The Labute approximate surface area is 116 Å². The van der Waals surface area contributed by atoms with E-state index in [4.69, 9.17) is 5.73 Å². The first-order valence-electron chi connectivity index (χ1n) is 6.22. The Hall–Kier alpha value is -2.41. The second kappa shape index (κ2) is 7.90. The van der Waals surface area contributed by atoms with Crippen molar-refractivity contribution in [2.45, 2.75) is 6.92 Å². The van der Waals surface area contributed by atoms with E-state index in [1.54, 1.807) is 31.2 Å². The van der Waals surface area contributed by atoms with Gasteiger partial charge < -0.3 is 21.7 Å². The summed E-state index contributed by atoms with van der Waals surface area (Å²) in [4.78, 5) is 34.4. The van der Waals surface area contributed by atoms with Gasteiger partial charge in [-0.3, -0.25) is 14.4 Å². The number of benzene rings is 1. The zero-order chi connectivity index (χ0) is 15.0. The summed E-state index contributed by atoms with van der Waals surface area (Å²) in [5.41, 5.74) is 5.87. The van der Waals surface area contributed by atoms with Gasteiger partial charge in [-0.1, -0.05) is 12.1 Å². The van der Waals surface area contributed by atoms with Crippen molar-refractivity contribution < 1.29 is 14.4 Å². The number of rotatable bonds is 6. The molecule has 1 aromatic rings. The smallest absolute Gasteiger partial charge is 0.253 e. The minimum atomic E-state index is -0.427. The van der Waals surface area contributed by atoms with Crippen molar-refractivity contribution in [2.75, 3.05) is 25.0 Å². The van der Waals surface area contributed by atoms with E-state index in [-0.39, 0.29) is 19.0 Å². The molecule has 0 aliphatic rings. The van der Waals surface area contributed by atoms with E-state index in [2.05, 4.69) is 16.0 Å². The molecule has 3 amide bonds. The Morgan fingerprint density at radius 2 is 1.80 bits per heavy atom. The van der Waals surface area contributed by atoms with Gasteiger partial charge in [0, 0.05) is 6.54 Å². The second-order valence-corrected chi connectivity index (χ2v) is 3.93. The van der Waals surface area contributed by atoms with E-state index in [1.807, 2.05) is 0 Å². The molecule has 0 aliphatic carbocycles. The molecule has 20 heavy (non-hydrogen) atoms. The molecule has 108 valence electrons.